The van der Waals surface area contributed by atoms with Gasteiger partial charge in [0.05, 0.1) is 37.4 Å². The van der Waals surface area contributed by atoms with Crippen LogP contribution in [0, 0.1) is 0 Å². The zero-order valence-electron chi connectivity index (χ0n) is 16.9. The lowest BCUT2D eigenvalue weighted by molar-refractivity contribution is 0.373. The molecule has 0 aliphatic rings. The van der Waals surface area contributed by atoms with Crippen molar-refractivity contribution in [1.82, 2.24) is 5.16 Å². The molecule has 1 heterocycles. The third-order valence-electron chi connectivity index (χ3n) is 4.59. The highest BCUT2D eigenvalue weighted by molar-refractivity contribution is 7.89. The van der Waals surface area contributed by atoms with Gasteiger partial charge in [-0.2, -0.15) is 0 Å². The highest BCUT2D eigenvalue weighted by atomic mass is 35.5. The Balaban J connectivity index is 2.30. The summed E-state index contributed by atoms with van der Waals surface area (Å²) >= 11 is 6.46. The molecule has 0 aliphatic heterocycles. The molecule has 0 saturated heterocycles. The number of hydrogen-bond acceptors (Lipinski definition) is 7. The van der Waals surface area contributed by atoms with E-state index in [1.54, 1.807) is 18.2 Å². The molecule has 8 nitrogen and oxygen atoms in total. The summed E-state index contributed by atoms with van der Waals surface area (Å²) in [4.78, 5) is 0.00459. The molecule has 0 aliphatic carbocycles. The molecule has 3 aromatic rings. The zero-order chi connectivity index (χ0) is 22.1. The van der Waals surface area contributed by atoms with Gasteiger partial charge in [0.1, 0.15) is 28.0 Å². The highest BCUT2D eigenvalue weighted by Gasteiger charge is 2.28. The van der Waals surface area contributed by atoms with E-state index < -0.39 is 10.0 Å². The summed E-state index contributed by atoms with van der Waals surface area (Å²) < 4.78 is 45.1. The summed E-state index contributed by atoms with van der Waals surface area (Å²) in [5, 5.41) is 9.70. The van der Waals surface area contributed by atoms with Gasteiger partial charge in [0.2, 0.25) is 10.0 Å². The minimum Gasteiger partial charge on any atom is -0.496 e. The molecule has 0 fully saturated rings. The lowest BCUT2D eigenvalue weighted by Crippen LogP contribution is -2.11. The first-order valence-corrected chi connectivity index (χ1v) is 10.8. The van der Waals surface area contributed by atoms with Gasteiger partial charge in [0, 0.05) is 12.5 Å². The maximum atomic E-state index is 11.6. The van der Waals surface area contributed by atoms with Gasteiger partial charge < -0.3 is 18.7 Å². The van der Waals surface area contributed by atoms with E-state index in [1.165, 1.54) is 33.5 Å². The van der Waals surface area contributed by atoms with Gasteiger partial charge in [-0.05, 0) is 17.7 Å². The molecule has 0 unspecified atom stereocenters. The first-order chi connectivity index (χ1) is 14.3. The van der Waals surface area contributed by atoms with E-state index in [0.29, 0.717) is 51.8 Å². The molecule has 160 valence electrons. The van der Waals surface area contributed by atoms with E-state index in [9.17, 15) is 8.42 Å². The van der Waals surface area contributed by atoms with Crippen molar-refractivity contribution >= 4 is 21.6 Å². The molecule has 0 saturated carbocycles. The molecule has 1 aromatic heterocycles. The Hall–Kier alpha value is -2.75. The van der Waals surface area contributed by atoms with E-state index in [2.05, 4.69) is 5.16 Å². The Morgan fingerprint density at radius 1 is 1.03 bits per heavy atom. The van der Waals surface area contributed by atoms with Crippen molar-refractivity contribution in [3.05, 3.63) is 41.1 Å². The van der Waals surface area contributed by atoms with Crippen molar-refractivity contribution in [2.45, 2.75) is 18.2 Å². The van der Waals surface area contributed by atoms with Crippen LogP contribution < -0.4 is 19.3 Å². The van der Waals surface area contributed by atoms with Gasteiger partial charge in [0.25, 0.3) is 0 Å². The van der Waals surface area contributed by atoms with E-state index in [1.807, 2.05) is 6.92 Å². The Morgan fingerprint density at radius 2 is 1.67 bits per heavy atom. The van der Waals surface area contributed by atoms with Gasteiger partial charge in [-0.1, -0.05) is 35.8 Å². The number of methoxy groups -OCH3 is 3. The Bertz CT molecular complexity index is 1170. The summed E-state index contributed by atoms with van der Waals surface area (Å²) in [6.45, 7) is 1.92. The first kappa shape index (κ1) is 21.9. The molecule has 0 atom stereocenters. The number of benzene rings is 2. The molecule has 2 N–H and O–H groups in total. The average Bonchev–Trinajstić information content (AvgIpc) is 3.16. The van der Waals surface area contributed by atoms with Crippen molar-refractivity contribution < 1.29 is 27.2 Å². The molecule has 30 heavy (non-hydrogen) atoms. The zero-order valence-corrected chi connectivity index (χ0v) is 18.4. The molecule has 0 spiro atoms. The number of ether oxygens (including phenoxy) is 3. The minimum atomic E-state index is -3.81. The molecule has 0 amide bonds. The summed E-state index contributed by atoms with van der Waals surface area (Å²) in [7, 11) is 0.662. The second kappa shape index (κ2) is 8.55. The molecule has 3 rings (SSSR count). The number of sulfonamides is 1. The Morgan fingerprint density at radius 3 is 2.17 bits per heavy atom. The number of primary sulfonamides is 1. The second-order valence-electron chi connectivity index (χ2n) is 6.26. The molecule has 0 radical (unpaired) electrons. The largest absolute Gasteiger partial charge is 0.496 e. The van der Waals surface area contributed by atoms with Crippen molar-refractivity contribution in [3.63, 3.8) is 0 Å². The Kier molecular flexibility index (Phi) is 6.25. The predicted octanol–water partition coefficient (Wildman–Crippen LogP) is 3.90. The van der Waals surface area contributed by atoms with Crippen molar-refractivity contribution in [3.8, 4) is 39.6 Å². The summed E-state index contributed by atoms with van der Waals surface area (Å²) in [5.41, 5.74) is 2.27. The Labute approximate surface area is 179 Å². The fraction of sp³-hybridized carbons (Fsp3) is 0.250. The molecule has 2 aromatic carbocycles. The van der Waals surface area contributed by atoms with Crippen LogP contribution in [-0.4, -0.2) is 34.9 Å². The van der Waals surface area contributed by atoms with Gasteiger partial charge in [0.15, 0.2) is 5.75 Å². The standard InChI is InChI=1S/C20H21ClN2O6S/c1-5-13-16(11-6-8-12(9-7-11)30(22,24)25)19(23-29-13)17-14(26-2)10-15(27-3)18(21)20(17)28-4/h6-10H,5H2,1-4H3,(H2,22,24,25). The number of hydrogen-bond donors (Lipinski definition) is 1. The smallest absolute Gasteiger partial charge is 0.238 e. The third kappa shape index (κ3) is 3.83. The topological polar surface area (TPSA) is 114 Å². The molecule has 10 heteroatoms. The number of nitrogens with two attached hydrogens (primary N) is 1. The monoisotopic (exact) mass is 452 g/mol. The maximum Gasteiger partial charge on any atom is 0.238 e. The van der Waals surface area contributed by atoms with Crippen LogP contribution in [0.5, 0.6) is 17.2 Å². The lowest BCUT2D eigenvalue weighted by atomic mass is 9.97. The van der Waals surface area contributed by atoms with Crippen LogP contribution in [0.15, 0.2) is 39.8 Å². The number of nitrogens with zero attached hydrogens (tertiary/aromatic N) is 1. The van der Waals surface area contributed by atoms with E-state index in [0.717, 1.165) is 0 Å². The predicted molar refractivity (Wildman–Crippen MR) is 113 cm³/mol. The van der Waals surface area contributed by atoms with Crippen molar-refractivity contribution in [2.24, 2.45) is 5.14 Å². The number of aromatic nitrogens is 1. The van der Waals surface area contributed by atoms with Crippen LogP contribution in [0.25, 0.3) is 22.4 Å². The minimum absolute atomic E-state index is 0.00459. The van der Waals surface area contributed by atoms with Crippen molar-refractivity contribution in [1.29, 1.82) is 0 Å². The van der Waals surface area contributed by atoms with Gasteiger partial charge >= 0.3 is 0 Å². The SMILES string of the molecule is CCc1onc(-c2c(OC)cc(OC)c(Cl)c2OC)c1-c1ccc(S(N)(=O)=O)cc1. The van der Waals surface area contributed by atoms with Crippen molar-refractivity contribution in [2.75, 3.05) is 21.3 Å². The van der Waals surface area contributed by atoms with Gasteiger partial charge in [-0.15, -0.1) is 0 Å². The number of aryl methyl sites for hydroxylation is 1. The van der Waals surface area contributed by atoms with Gasteiger partial charge in [-0.25, -0.2) is 13.6 Å². The van der Waals surface area contributed by atoms with Crippen LogP contribution in [0.1, 0.15) is 12.7 Å². The number of rotatable bonds is 7. The normalized spacial score (nSPS) is 11.4. The van der Waals surface area contributed by atoms with Crippen LogP contribution in [0.4, 0.5) is 0 Å². The van der Waals surface area contributed by atoms with E-state index >= 15 is 0 Å². The molecular weight excluding hydrogens is 432 g/mol. The average molecular weight is 453 g/mol. The highest BCUT2D eigenvalue weighted by Crippen LogP contribution is 2.50. The molecular formula is C20H21ClN2O6S. The molecule has 0 bridgehead atoms. The first-order valence-electron chi connectivity index (χ1n) is 8.87. The summed E-state index contributed by atoms with van der Waals surface area (Å²) in [5.74, 6) is 1.72. The van der Waals surface area contributed by atoms with Crippen LogP contribution >= 0.6 is 11.6 Å². The van der Waals surface area contributed by atoms with E-state index in [4.69, 9.17) is 35.5 Å². The summed E-state index contributed by atoms with van der Waals surface area (Å²) in [6, 6.07) is 7.76. The van der Waals surface area contributed by atoms with E-state index in [-0.39, 0.29) is 9.92 Å². The second-order valence-corrected chi connectivity index (χ2v) is 8.20. The fourth-order valence-corrected chi connectivity index (χ4v) is 3.98. The maximum absolute atomic E-state index is 11.6. The number of halogens is 1. The van der Waals surface area contributed by atoms with Crippen LogP contribution in [-0.2, 0) is 16.4 Å². The van der Waals surface area contributed by atoms with Crippen LogP contribution in [0.3, 0.4) is 0 Å². The fourth-order valence-electron chi connectivity index (χ4n) is 3.16. The lowest BCUT2D eigenvalue weighted by Gasteiger charge is -2.16. The van der Waals surface area contributed by atoms with Gasteiger partial charge in [-0.3, -0.25) is 0 Å². The quantitative estimate of drug-likeness (QED) is 0.578. The van der Waals surface area contributed by atoms with Crippen LogP contribution in [0.2, 0.25) is 5.02 Å². The third-order valence-corrected chi connectivity index (χ3v) is 5.87. The summed E-state index contributed by atoms with van der Waals surface area (Å²) in [6.07, 6.45) is 0.549.